The summed E-state index contributed by atoms with van der Waals surface area (Å²) in [5.74, 6) is 0.204. The van der Waals surface area contributed by atoms with Gasteiger partial charge in [0.05, 0.1) is 6.04 Å². The van der Waals surface area contributed by atoms with Gasteiger partial charge in [0.25, 0.3) is 0 Å². The summed E-state index contributed by atoms with van der Waals surface area (Å²) < 4.78 is 0. The van der Waals surface area contributed by atoms with Crippen molar-refractivity contribution in [1.82, 2.24) is 15.1 Å². The molecule has 0 aliphatic carbocycles. The van der Waals surface area contributed by atoms with Crippen LogP contribution in [0.2, 0.25) is 0 Å². The number of nitrogens with zero attached hydrogens (tertiary/aromatic N) is 2. The van der Waals surface area contributed by atoms with Crippen LogP contribution >= 0.6 is 0 Å². The number of nitrogens with one attached hydrogen (secondary N) is 1. The van der Waals surface area contributed by atoms with E-state index in [1.807, 2.05) is 24.0 Å². The molecule has 1 heterocycles. The summed E-state index contributed by atoms with van der Waals surface area (Å²) in [6.07, 6.45) is 0.00395. The average molecular weight is 289 g/mol. The van der Waals surface area contributed by atoms with Gasteiger partial charge >= 0.3 is 0 Å². The van der Waals surface area contributed by atoms with Gasteiger partial charge in [-0.05, 0) is 38.1 Å². The molecule has 0 bridgehead atoms. The Kier molecular flexibility index (Phi) is 5.37. The number of aryl methyl sites for hydroxylation is 1. The van der Waals surface area contributed by atoms with E-state index in [1.54, 1.807) is 0 Å². The van der Waals surface area contributed by atoms with Crippen LogP contribution in [0, 0.1) is 6.92 Å². The molecule has 0 aromatic heterocycles. The van der Waals surface area contributed by atoms with Crippen LogP contribution in [-0.2, 0) is 4.79 Å². The lowest BCUT2D eigenvalue weighted by Gasteiger charge is -2.28. The van der Waals surface area contributed by atoms with E-state index in [0.717, 1.165) is 26.2 Å². The number of carbonyl (C=O) groups excluding carboxylic acids is 1. The van der Waals surface area contributed by atoms with Gasteiger partial charge in [-0.15, -0.1) is 0 Å². The molecule has 1 amide bonds. The first-order chi connectivity index (χ1) is 10.1. The van der Waals surface area contributed by atoms with E-state index in [-0.39, 0.29) is 18.1 Å². The third-order valence-corrected chi connectivity index (χ3v) is 4.41. The molecule has 4 nitrogen and oxygen atoms in total. The first-order valence-electron chi connectivity index (χ1n) is 7.92. The van der Waals surface area contributed by atoms with Crippen molar-refractivity contribution in [2.75, 3.05) is 26.2 Å². The molecule has 2 atom stereocenters. The standard InChI is InChI=1S/C17H27N3O/c1-5-19(6-2)11-12-20-16(18-14(4)17(20)21)15-10-8-7-9-13(15)3/h7-10,14,16,18H,5-6,11-12H2,1-4H3. The molecule has 0 radical (unpaired) electrons. The van der Waals surface area contributed by atoms with E-state index in [4.69, 9.17) is 0 Å². The number of likely N-dealkylation sites (N-methyl/N-ethyl adjacent to an activating group) is 1. The quantitative estimate of drug-likeness (QED) is 0.871. The Bertz CT molecular complexity index is 485. The molecule has 1 aromatic carbocycles. The molecule has 4 heteroatoms. The van der Waals surface area contributed by atoms with Gasteiger partial charge in [-0.1, -0.05) is 38.1 Å². The van der Waals surface area contributed by atoms with Crippen LogP contribution < -0.4 is 5.32 Å². The van der Waals surface area contributed by atoms with Crippen molar-refractivity contribution < 1.29 is 4.79 Å². The highest BCUT2D eigenvalue weighted by atomic mass is 16.2. The maximum atomic E-state index is 12.4. The fraction of sp³-hybridized carbons (Fsp3) is 0.588. The lowest BCUT2D eigenvalue weighted by atomic mass is 10.1. The van der Waals surface area contributed by atoms with Crippen LogP contribution in [0.1, 0.15) is 38.1 Å². The molecule has 1 fully saturated rings. The average Bonchev–Trinajstić information content (AvgIpc) is 2.76. The third kappa shape index (κ3) is 3.44. The predicted molar refractivity (Wildman–Crippen MR) is 86.0 cm³/mol. The number of carbonyl (C=O) groups is 1. The Morgan fingerprint density at radius 2 is 1.90 bits per heavy atom. The van der Waals surface area contributed by atoms with E-state index in [1.165, 1.54) is 11.1 Å². The van der Waals surface area contributed by atoms with E-state index >= 15 is 0 Å². The largest absolute Gasteiger partial charge is 0.320 e. The van der Waals surface area contributed by atoms with Crippen molar-refractivity contribution in [2.24, 2.45) is 0 Å². The fourth-order valence-electron chi connectivity index (χ4n) is 2.95. The zero-order chi connectivity index (χ0) is 15.4. The van der Waals surface area contributed by atoms with Crippen molar-refractivity contribution in [2.45, 2.75) is 39.9 Å². The van der Waals surface area contributed by atoms with Crippen molar-refractivity contribution in [3.05, 3.63) is 35.4 Å². The predicted octanol–water partition coefficient (Wildman–Crippen LogP) is 2.16. The van der Waals surface area contributed by atoms with Gasteiger partial charge in [0.2, 0.25) is 5.91 Å². The van der Waals surface area contributed by atoms with E-state index < -0.39 is 0 Å². The van der Waals surface area contributed by atoms with Crippen LogP contribution in [0.5, 0.6) is 0 Å². The lowest BCUT2D eigenvalue weighted by Crippen LogP contribution is -2.38. The van der Waals surface area contributed by atoms with Crippen LogP contribution in [0.15, 0.2) is 24.3 Å². The maximum Gasteiger partial charge on any atom is 0.241 e. The van der Waals surface area contributed by atoms with Gasteiger partial charge in [-0.2, -0.15) is 0 Å². The smallest absolute Gasteiger partial charge is 0.241 e. The molecule has 21 heavy (non-hydrogen) atoms. The van der Waals surface area contributed by atoms with Crippen LogP contribution in [0.4, 0.5) is 0 Å². The van der Waals surface area contributed by atoms with E-state index in [0.29, 0.717) is 0 Å². The Balaban J connectivity index is 2.15. The van der Waals surface area contributed by atoms with Gasteiger partial charge in [0.15, 0.2) is 0 Å². The SMILES string of the molecule is CCN(CC)CCN1C(=O)C(C)NC1c1ccccc1C. The topological polar surface area (TPSA) is 35.6 Å². The van der Waals surface area contributed by atoms with Crippen LogP contribution in [0.3, 0.4) is 0 Å². The minimum absolute atomic E-state index is 0.00395. The number of benzene rings is 1. The number of amides is 1. The second-order valence-corrected chi connectivity index (χ2v) is 5.71. The minimum atomic E-state index is -0.105. The number of rotatable bonds is 6. The molecular weight excluding hydrogens is 262 g/mol. The highest BCUT2D eigenvalue weighted by molar-refractivity contribution is 5.84. The molecule has 116 valence electrons. The Labute approximate surface area is 128 Å². The van der Waals surface area contributed by atoms with Crippen LogP contribution in [-0.4, -0.2) is 47.9 Å². The van der Waals surface area contributed by atoms with Crippen molar-refractivity contribution >= 4 is 5.91 Å². The zero-order valence-electron chi connectivity index (χ0n) is 13.6. The van der Waals surface area contributed by atoms with Gasteiger partial charge < -0.3 is 9.80 Å². The van der Waals surface area contributed by atoms with E-state index in [9.17, 15) is 4.79 Å². The first-order valence-corrected chi connectivity index (χ1v) is 7.92. The van der Waals surface area contributed by atoms with Gasteiger partial charge in [0.1, 0.15) is 6.17 Å². The molecule has 1 aliphatic heterocycles. The zero-order valence-corrected chi connectivity index (χ0v) is 13.6. The molecule has 0 saturated carbocycles. The monoisotopic (exact) mass is 289 g/mol. The normalized spacial score (nSPS) is 22.3. The summed E-state index contributed by atoms with van der Waals surface area (Å²) in [5, 5.41) is 3.43. The van der Waals surface area contributed by atoms with Gasteiger partial charge in [0, 0.05) is 13.1 Å². The minimum Gasteiger partial charge on any atom is -0.320 e. The third-order valence-electron chi connectivity index (χ3n) is 4.41. The summed E-state index contributed by atoms with van der Waals surface area (Å²) >= 11 is 0. The Morgan fingerprint density at radius 3 is 2.52 bits per heavy atom. The molecule has 0 spiro atoms. The lowest BCUT2D eigenvalue weighted by molar-refractivity contribution is -0.130. The Hall–Kier alpha value is -1.39. The van der Waals surface area contributed by atoms with Crippen molar-refractivity contribution in [3.8, 4) is 0 Å². The molecular formula is C17H27N3O. The Morgan fingerprint density at radius 1 is 1.24 bits per heavy atom. The first kappa shape index (κ1) is 16.0. The van der Waals surface area contributed by atoms with Gasteiger partial charge in [-0.25, -0.2) is 0 Å². The van der Waals surface area contributed by atoms with Crippen LogP contribution in [0.25, 0.3) is 0 Å². The number of hydrogen-bond acceptors (Lipinski definition) is 3. The molecule has 1 aliphatic rings. The maximum absolute atomic E-state index is 12.4. The molecule has 2 rings (SSSR count). The van der Waals surface area contributed by atoms with Crippen molar-refractivity contribution in [3.63, 3.8) is 0 Å². The van der Waals surface area contributed by atoms with Crippen molar-refractivity contribution in [1.29, 1.82) is 0 Å². The molecule has 2 unspecified atom stereocenters. The van der Waals surface area contributed by atoms with E-state index in [2.05, 4.69) is 43.1 Å². The summed E-state index contributed by atoms with van der Waals surface area (Å²) in [5.41, 5.74) is 2.43. The number of hydrogen-bond donors (Lipinski definition) is 1. The highest BCUT2D eigenvalue weighted by Gasteiger charge is 2.37. The second-order valence-electron chi connectivity index (χ2n) is 5.71. The van der Waals surface area contributed by atoms with Gasteiger partial charge in [-0.3, -0.25) is 10.1 Å². The summed E-state index contributed by atoms with van der Waals surface area (Å²) in [6.45, 7) is 12.1. The summed E-state index contributed by atoms with van der Waals surface area (Å²) in [6, 6.07) is 8.20. The second kappa shape index (κ2) is 7.05. The summed E-state index contributed by atoms with van der Waals surface area (Å²) in [4.78, 5) is 16.8. The fourth-order valence-corrected chi connectivity index (χ4v) is 2.95. The molecule has 1 aromatic rings. The highest BCUT2D eigenvalue weighted by Crippen LogP contribution is 2.27. The summed E-state index contributed by atoms with van der Waals surface area (Å²) in [7, 11) is 0. The molecule has 1 N–H and O–H groups in total. The molecule has 1 saturated heterocycles.